The van der Waals surface area contributed by atoms with Gasteiger partial charge in [-0.15, -0.1) is 0 Å². The molecule has 0 aliphatic carbocycles. The largest absolute Gasteiger partial charge is 0.465 e. The molecule has 128 valence electrons. The second-order valence-corrected chi connectivity index (χ2v) is 6.98. The zero-order valence-corrected chi connectivity index (χ0v) is 14.4. The number of rotatable bonds is 4. The number of aliphatic hydroxyl groups is 1. The van der Waals surface area contributed by atoms with Crippen molar-refractivity contribution in [1.29, 1.82) is 0 Å². The Morgan fingerprint density at radius 3 is 2.26 bits per heavy atom. The summed E-state index contributed by atoms with van der Waals surface area (Å²) in [5, 5.41) is 10.2. The lowest BCUT2D eigenvalue weighted by Gasteiger charge is -2.37. The second kappa shape index (κ2) is 7.32. The molecular formula is C18H27NO4. The first-order chi connectivity index (χ1) is 10.8. The van der Waals surface area contributed by atoms with E-state index in [0.717, 1.165) is 31.6 Å². The lowest BCUT2D eigenvalue weighted by molar-refractivity contribution is -0.194. The average Bonchev–Trinajstić information content (AvgIpc) is 2.53. The minimum absolute atomic E-state index is 0.166. The summed E-state index contributed by atoms with van der Waals surface area (Å²) in [4.78, 5) is 13.7. The average molecular weight is 321 g/mol. The Balaban J connectivity index is 1.90. The van der Waals surface area contributed by atoms with Gasteiger partial charge in [-0.25, -0.2) is 4.79 Å². The molecule has 0 amide bonds. The Kier molecular flexibility index (Phi) is 5.65. The molecule has 1 N–H and O–H groups in total. The van der Waals surface area contributed by atoms with Crippen LogP contribution in [0.3, 0.4) is 0 Å². The second-order valence-electron chi connectivity index (χ2n) is 6.98. The maximum atomic E-state index is 11.5. The molecule has 5 heteroatoms. The van der Waals surface area contributed by atoms with Crippen LogP contribution in [0.5, 0.6) is 0 Å². The van der Waals surface area contributed by atoms with Crippen LogP contribution < -0.4 is 4.90 Å². The fraction of sp³-hybridized carbons (Fsp3) is 0.611. The van der Waals surface area contributed by atoms with Gasteiger partial charge in [0.25, 0.3) is 0 Å². The number of ether oxygens (including phenoxy) is 2. The molecule has 23 heavy (non-hydrogen) atoms. The third kappa shape index (κ3) is 4.94. The zero-order valence-electron chi connectivity index (χ0n) is 14.4. The molecule has 2 rings (SSSR count). The van der Waals surface area contributed by atoms with E-state index in [1.807, 2.05) is 32.9 Å². The molecule has 1 fully saturated rings. The highest BCUT2D eigenvalue weighted by Crippen LogP contribution is 2.27. The minimum Gasteiger partial charge on any atom is -0.465 e. The van der Waals surface area contributed by atoms with Gasteiger partial charge in [-0.3, -0.25) is 0 Å². The summed E-state index contributed by atoms with van der Waals surface area (Å²) in [5.74, 6) is -0.155. The third-order valence-corrected chi connectivity index (χ3v) is 4.07. The molecule has 1 saturated heterocycles. The van der Waals surface area contributed by atoms with Gasteiger partial charge in [0, 0.05) is 24.7 Å². The standard InChI is InChI=1S/C18H27NO4/c1-18(2,3)23-17(21)14-9-11-19(12-10-14)15-7-5-13(6-8-15)16(20)22-4/h5-8,14,17,21H,9-12H2,1-4H3. The first-order valence-electron chi connectivity index (χ1n) is 8.09. The molecule has 0 radical (unpaired) electrons. The topological polar surface area (TPSA) is 59.0 Å². The van der Waals surface area contributed by atoms with E-state index in [0.29, 0.717) is 5.56 Å². The minimum atomic E-state index is -0.709. The lowest BCUT2D eigenvalue weighted by atomic mass is 9.95. The number of methoxy groups -OCH3 is 1. The summed E-state index contributed by atoms with van der Waals surface area (Å²) >= 11 is 0. The number of piperidine rings is 1. The summed E-state index contributed by atoms with van der Waals surface area (Å²) in [6.07, 6.45) is 1.06. The van der Waals surface area contributed by atoms with E-state index in [1.54, 1.807) is 12.1 Å². The van der Waals surface area contributed by atoms with Gasteiger partial charge < -0.3 is 19.5 Å². The first kappa shape index (κ1) is 17.8. The lowest BCUT2D eigenvalue weighted by Crippen LogP contribution is -2.41. The number of esters is 1. The summed E-state index contributed by atoms with van der Waals surface area (Å²) in [6, 6.07) is 7.44. The molecule has 0 bridgehead atoms. The van der Waals surface area contributed by atoms with Crippen LogP contribution in [-0.4, -0.2) is 43.2 Å². The summed E-state index contributed by atoms with van der Waals surface area (Å²) in [5.41, 5.74) is 1.31. The van der Waals surface area contributed by atoms with E-state index < -0.39 is 6.29 Å². The number of nitrogens with zero attached hydrogens (tertiary/aromatic N) is 1. The van der Waals surface area contributed by atoms with Crippen LogP contribution >= 0.6 is 0 Å². The van der Waals surface area contributed by atoms with Gasteiger partial charge in [-0.1, -0.05) is 0 Å². The van der Waals surface area contributed by atoms with Crippen LogP contribution in [0.4, 0.5) is 5.69 Å². The maximum Gasteiger partial charge on any atom is 0.337 e. The number of carbonyl (C=O) groups is 1. The molecule has 1 heterocycles. The summed E-state index contributed by atoms with van der Waals surface area (Å²) in [7, 11) is 1.38. The van der Waals surface area contributed by atoms with Crippen molar-refractivity contribution in [3.8, 4) is 0 Å². The van der Waals surface area contributed by atoms with Crippen LogP contribution in [0, 0.1) is 5.92 Å². The number of hydrogen-bond acceptors (Lipinski definition) is 5. The van der Waals surface area contributed by atoms with E-state index in [1.165, 1.54) is 7.11 Å². The monoisotopic (exact) mass is 321 g/mol. The highest BCUT2D eigenvalue weighted by molar-refractivity contribution is 5.89. The third-order valence-electron chi connectivity index (χ3n) is 4.07. The molecule has 1 aromatic carbocycles. The van der Waals surface area contributed by atoms with Crippen molar-refractivity contribution in [3.63, 3.8) is 0 Å². The number of aliphatic hydroxyl groups excluding tert-OH is 1. The van der Waals surface area contributed by atoms with Crippen LogP contribution in [-0.2, 0) is 9.47 Å². The molecule has 0 aromatic heterocycles. The fourth-order valence-electron chi connectivity index (χ4n) is 2.83. The Hall–Kier alpha value is -1.59. The number of hydrogen-bond donors (Lipinski definition) is 1. The van der Waals surface area contributed by atoms with E-state index in [2.05, 4.69) is 4.90 Å². The number of carbonyl (C=O) groups excluding carboxylic acids is 1. The van der Waals surface area contributed by atoms with Crippen molar-refractivity contribution in [3.05, 3.63) is 29.8 Å². The van der Waals surface area contributed by atoms with E-state index in [4.69, 9.17) is 9.47 Å². The predicted octanol–water partition coefficient (Wildman–Crippen LogP) is 2.82. The Labute approximate surface area is 138 Å². The van der Waals surface area contributed by atoms with Crippen molar-refractivity contribution < 1.29 is 19.4 Å². The van der Waals surface area contributed by atoms with Crippen LogP contribution in [0.15, 0.2) is 24.3 Å². The van der Waals surface area contributed by atoms with Crippen LogP contribution in [0.1, 0.15) is 44.0 Å². The van der Waals surface area contributed by atoms with Crippen molar-refractivity contribution in [2.75, 3.05) is 25.1 Å². The van der Waals surface area contributed by atoms with Gasteiger partial charge in [0.2, 0.25) is 0 Å². The molecule has 1 atom stereocenters. The Bertz CT molecular complexity index is 513. The molecule has 1 unspecified atom stereocenters. The van der Waals surface area contributed by atoms with Gasteiger partial charge in [0.1, 0.15) is 0 Å². The highest BCUT2D eigenvalue weighted by atomic mass is 16.6. The van der Waals surface area contributed by atoms with Crippen LogP contribution in [0.25, 0.3) is 0 Å². The Morgan fingerprint density at radius 1 is 1.22 bits per heavy atom. The molecular weight excluding hydrogens is 294 g/mol. The maximum absolute atomic E-state index is 11.5. The van der Waals surface area contributed by atoms with E-state index in [-0.39, 0.29) is 17.5 Å². The highest BCUT2D eigenvalue weighted by Gasteiger charge is 2.28. The Morgan fingerprint density at radius 2 is 1.78 bits per heavy atom. The van der Waals surface area contributed by atoms with Crippen molar-refractivity contribution in [2.24, 2.45) is 5.92 Å². The van der Waals surface area contributed by atoms with Gasteiger partial charge in [-0.2, -0.15) is 0 Å². The summed E-state index contributed by atoms with van der Waals surface area (Å²) < 4.78 is 10.4. The predicted molar refractivity (Wildman–Crippen MR) is 89.6 cm³/mol. The van der Waals surface area contributed by atoms with Crippen molar-refractivity contribution in [1.82, 2.24) is 0 Å². The van der Waals surface area contributed by atoms with Gasteiger partial charge >= 0.3 is 5.97 Å². The van der Waals surface area contributed by atoms with E-state index >= 15 is 0 Å². The summed E-state index contributed by atoms with van der Waals surface area (Å²) in [6.45, 7) is 7.59. The van der Waals surface area contributed by atoms with Crippen molar-refractivity contribution in [2.45, 2.75) is 45.5 Å². The van der Waals surface area contributed by atoms with E-state index in [9.17, 15) is 9.90 Å². The van der Waals surface area contributed by atoms with Gasteiger partial charge in [-0.05, 0) is 57.9 Å². The molecule has 0 saturated carbocycles. The molecule has 0 spiro atoms. The SMILES string of the molecule is COC(=O)c1ccc(N2CCC(C(O)OC(C)(C)C)CC2)cc1. The smallest absolute Gasteiger partial charge is 0.337 e. The number of anilines is 1. The molecule has 5 nitrogen and oxygen atoms in total. The van der Waals surface area contributed by atoms with Gasteiger partial charge in [0.05, 0.1) is 18.3 Å². The quantitative estimate of drug-likeness (QED) is 0.682. The molecule has 1 aliphatic rings. The first-order valence-corrected chi connectivity index (χ1v) is 8.09. The normalized spacial score (nSPS) is 17.9. The molecule has 1 aliphatic heterocycles. The van der Waals surface area contributed by atoms with Crippen molar-refractivity contribution >= 4 is 11.7 Å². The van der Waals surface area contributed by atoms with Crippen LogP contribution in [0.2, 0.25) is 0 Å². The molecule has 1 aromatic rings. The zero-order chi connectivity index (χ0) is 17.0. The van der Waals surface area contributed by atoms with Gasteiger partial charge in [0.15, 0.2) is 6.29 Å². The number of benzene rings is 1. The fourth-order valence-corrected chi connectivity index (χ4v) is 2.83.